The van der Waals surface area contributed by atoms with Gasteiger partial charge in [0.2, 0.25) is 0 Å². The number of thiol groups is 1. The molecule has 0 bridgehead atoms. The first-order valence-corrected chi connectivity index (χ1v) is 13.0. The van der Waals surface area contributed by atoms with Crippen LogP contribution in [0.4, 0.5) is 0 Å². The summed E-state index contributed by atoms with van der Waals surface area (Å²) in [7, 11) is -14.1. The molecule has 0 aromatic rings. The normalized spacial score (nSPS) is 19.5. The Bertz CT molecular complexity index is 558. The Morgan fingerprint density at radius 2 is 1.14 bits per heavy atom. The van der Waals surface area contributed by atoms with Crippen molar-refractivity contribution < 1.29 is 60.6 Å². The summed E-state index contributed by atoms with van der Waals surface area (Å²) < 4.78 is 60.3. The second kappa shape index (κ2) is 14.6. The zero-order valence-electron chi connectivity index (χ0n) is 15.1. The van der Waals surface area contributed by atoms with Gasteiger partial charge < -0.3 is 46.9 Å². The van der Waals surface area contributed by atoms with Gasteiger partial charge in [0.1, 0.15) is 0 Å². The highest BCUT2D eigenvalue weighted by molar-refractivity contribution is 7.80. The molecule has 4 atom stereocenters. The smallest absolute Gasteiger partial charge is 0.268 e. The van der Waals surface area contributed by atoms with E-state index in [9.17, 15) is 28.4 Å². The van der Waals surface area contributed by atoms with Crippen LogP contribution in [-0.2, 0) is 40.8 Å². The molecule has 0 spiro atoms. The van der Waals surface area contributed by atoms with Crippen LogP contribution in [0.5, 0.6) is 0 Å². The number of aliphatic hydroxyl groups excluding tert-OH is 1. The van der Waals surface area contributed by atoms with Crippen molar-refractivity contribution >= 4 is 36.1 Å². The monoisotopic (exact) mass is 489 g/mol. The topological polar surface area (TPSA) is 196 Å². The van der Waals surface area contributed by atoms with Crippen molar-refractivity contribution in [1.82, 2.24) is 0 Å². The van der Waals surface area contributed by atoms with Crippen molar-refractivity contribution in [3.63, 3.8) is 0 Å². The number of hydrogen-bond acceptors (Lipinski definition) is 14. The molecular weight excluding hydrogens is 465 g/mol. The zero-order valence-corrected chi connectivity index (χ0v) is 18.7. The molecule has 28 heavy (non-hydrogen) atoms. The van der Waals surface area contributed by atoms with E-state index in [2.05, 4.69) is 39.8 Å². The molecule has 0 aliphatic heterocycles. The first-order valence-electron chi connectivity index (χ1n) is 7.99. The minimum Gasteiger partial charge on any atom is -0.756 e. The number of phosphoric acid groups is 3. The molecule has 4 unspecified atom stereocenters. The first-order chi connectivity index (χ1) is 13.0. The minimum absolute atomic E-state index is 0.139. The van der Waals surface area contributed by atoms with Gasteiger partial charge in [-0.15, -0.1) is 0 Å². The third-order valence-electron chi connectivity index (χ3n) is 2.81. The molecule has 13 nitrogen and oxygen atoms in total. The lowest BCUT2D eigenvalue weighted by Gasteiger charge is -2.26. The van der Waals surface area contributed by atoms with Gasteiger partial charge in [-0.05, 0) is 6.42 Å². The van der Waals surface area contributed by atoms with Gasteiger partial charge in [-0.3, -0.25) is 13.7 Å². The number of aliphatic hydroxyl groups is 1. The van der Waals surface area contributed by atoms with Crippen LogP contribution in [0.1, 0.15) is 13.3 Å². The van der Waals surface area contributed by atoms with Crippen molar-refractivity contribution in [2.24, 2.45) is 5.92 Å². The summed E-state index contributed by atoms with van der Waals surface area (Å²) in [6.45, 7) is -1.71. The molecule has 170 valence electrons. The van der Waals surface area contributed by atoms with Crippen LogP contribution in [0.15, 0.2) is 0 Å². The van der Waals surface area contributed by atoms with Gasteiger partial charge in [0.15, 0.2) is 0 Å². The number of rotatable bonds is 18. The van der Waals surface area contributed by atoms with E-state index in [1.165, 1.54) is 0 Å². The summed E-state index contributed by atoms with van der Waals surface area (Å²) in [6, 6.07) is 0. The predicted molar refractivity (Wildman–Crippen MR) is 93.3 cm³/mol. The summed E-state index contributed by atoms with van der Waals surface area (Å²) in [5.41, 5.74) is 0. The fourth-order valence-corrected chi connectivity index (χ4v) is 3.72. The van der Waals surface area contributed by atoms with E-state index in [1.54, 1.807) is 6.92 Å². The molecule has 0 aliphatic carbocycles. The Hall–Kier alpha value is 0.640. The lowest BCUT2D eigenvalue weighted by Crippen LogP contribution is -2.18. The van der Waals surface area contributed by atoms with Crippen LogP contribution in [0.2, 0.25) is 0 Å². The average Bonchev–Trinajstić information content (AvgIpc) is 2.62. The van der Waals surface area contributed by atoms with Crippen molar-refractivity contribution in [3.05, 3.63) is 0 Å². The van der Waals surface area contributed by atoms with Gasteiger partial charge in [0.05, 0.1) is 39.6 Å². The van der Waals surface area contributed by atoms with E-state index in [-0.39, 0.29) is 31.5 Å². The Labute approximate surface area is 168 Å². The Balaban J connectivity index is 4.02. The third-order valence-corrected chi connectivity index (χ3v) is 5.95. The molecule has 17 heteroatoms. The molecule has 0 amide bonds. The fraction of sp³-hybridized carbons (Fsp3) is 1.00. The molecule has 0 aliphatic rings. The second-order valence-corrected chi connectivity index (χ2v) is 9.66. The molecule has 0 radical (unpaired) electrons. The highest BCUT2D eigenvalue weighted by atomic mass is 32.1. The molecule has 0 aromatic heterocycles. The maximum Gasteiger partial charge on any atom is 0.268 e. The van der Waals surface area contributed by atoms with Gasteiger partial charge >= 0.3 is 0 Å². The zero-order chi connectivity index (χ0) is 21.7. The quantitative estimate of drug-likeness (QED) is 0.141. The molecule has 0 saturated heterocycles. The molecule has 0 saturated carbocycles. The highest BCUT2D eigenvalue weighted by Crippen LogP contribution is 2.42. The number of phosphoric ester groups is 3. The lowest BCUT2D eigenvalue weighted by molar-refractivity contribution is -0.235. The Kier molecular flexibility index (Phi) is 14.9. The SMILES string of the molecule is CCC(CO)COP(=O)([O-])OCCOP(=O)([O-])OCCOP(=O)([O-])OCCS. The summed E-state index contributed by atoms with van der Waals surface area (Å²) in [6.07, 6.45) is 0.489. The van der Waals surface area contributed by atoms with Crippen molar-refractivity contribution in [3.8, 4) is 0 Å². The van der Waals surface area contributed by atoms with E-state index in [4.69, 9.17) is 5.11 Å². The van der Waals surface area contributed by atoms with Crippen molar-refractivity contribution in [2.75, 3.05) is 52.0 Å². The van der Waals surface area contributed by atoms with E-state index >= 15 is 0 Å². The molecule has 0 fully saturated rings. The summed E-state index contributed by atoms with van der Waals surface area (Å²) in [4.78, 5) is 34.0. The van der Waals surface area contributed by atoms with Crippen molar-refractivity contribution in [2.45, 2.75) is 13.3 Å². The lowest BCUT2D eigenvalue weighted by atomic mass is 10.1. The molecule has 0 rings (SSSR count). The maximum atomic E-state index is 11.4. The van der Waals surface area contributed by atoms with Crippen LogP contribution in [0, 0.1) is 5.92 Å². The van der Waals surface area contributed by atoms with Gasteiger partial charge in [0.25, 0.3) is 23.5 Å². The molecule has 0 heterocycles. The first kappa shape index (κ1) is 28.6. The van der Waals surface area contributed by atoms with Crippen LogP contribution in [-0.4, -0.2) is 57.1 Å². The molecule has 1 N–H and O–H groups in total. The third kappa shape index (κ3) is 15.5. The van der Waals surface area contributed by atoms with E-state index < -0.39 is 49.9 Å². The van der Waals surface area contributed by atoms with Crippen LogP contribution in [0.3, 0.4) is 0 Å². The van der Waals surface area contributed by atoms with Crippen molar-refractivity contribution in [1.29, 1.82) is 0 Å². The average molecular weight is 489 g/mol. The summed E-state index contributed by atoms with van der Waals surface area (Å²) >= 11 is 3.74. The highest BCUT2D eigenvalue weighted by Gasteiger charge is 2.15. The minimum atomic E-state index is -4.84. The van der Waals surface area contributed by atoms with Crippen LogP contribution < -0.4 is 14.7 Å². The maximum absolute atomic E-state index is 11.4. The predicted octanol–water partition coefficient (Wildman–Crippen LogP) is -0.560. The van der Waals surface area contributed by atoms with E-state index in [1.807, 2.05) is 0 Å². The van der Waals surface area contributed by atoms with Crippen LogP contribution in [0.25, 0.3) is 0 Å². The number of hydrogen-bond donors (Lipinski definition) is 2. The summed E-state index contributed by atoms with van der Waals surface area (Å²) in [5, 5.41) is 8.93. The van der Waals surface area contributed by atoms with Gasteiger partial charge in [-0.25, -0.2) is 0 Å². The van der Waals surface area contributed by atoms with Gasteiger partial charge in [-0.1, -0.05) is 6.92 Å². The van der Waals surface area contributed by atoms with E-state index in [0.717, 1.165) is 0 Å². The fourth-order valence-electron chi connectivity index (χ4n) is 1.36. The summed E-state index contributed by atoms with van der Waals surface area (Å²) in [5.74, 6) is -0.243. The Morgan fingerprint density at radius 1 is 0.786 bits per heavy atom. The van der Waals surface area contributed by atoms with E-state index in [0.29, 0.717) is 6.42 Å². The van der Waals surface area contributed by atoms with Gasteiger partial charge in [-0.2, -0.15) is 12.6 Å². The van der Waals surface area contributed by atoms with Crippen LogP contribution >= 0.6 is 36.1 Å². The second-order valence-electron chi connectivity index (χ2n) is 4.98. The molecular formula is C11H24O13P3S-3. The standard InChI is InChI=1S/C11H27O13P3S/c1-2-11(9-12)10-24-27(17,18)22-6-5-20-25(13,14)19-3-4-21-26(15,16)23-7-8-28/h11-12,28H,2-10H2,1H3,(H,13,14)(H,15,16)(H,17,18)/p-3. The largest absolute Gasteiger partial charge is 0.756 e. The Morgan fingerprint density at radius 3 is 1.46 bits per heavy atom. The van der Waals surface area contributed by atoms with Gasteiger partial charge in [0, 0.05) is 18.3 Å². The molecule has 0 aromatic carbocycles.